The van der Waals surface area contributed by atoms with Gasteiger partial charge in [0.25, 0.3) is 0 Å². The molecule has 20 heavy (non-hydrogen) atoms. The Bertz CT molecular complexity index is 639. The maximum atomic E-state index is 5.53. The molecule has 1 heterocycles. The Kier molecular flexibility index (Phi) is 4.43. The Morgan fingerprint density at radius 3 is 2.40 bits per heavy atom. The van der Waals surface area contributed by atoms with E-state index >= 15 is 0 Å². The summed E-state index contributed by atoms with van der Waals surface area (Å²) in [5.41, 5.74) is 4.26. The highest BCUT2D eigenvalue weighted by Gasteiger charge is 2.15. The van der Waals surface area contributed by atoms with Crippen LogP contribution in [0.15, 0.2) is 22.8 Å². The van der Waals surface area contributed by atoms with Crippen molar-refractivity contribution in [3.63, 3.8) is 0 Å². The summed E-state index contributed by atoms with van der Waals surface area (Å²) in [6.07, 6.45) is 0. The lowest BCUT2D eigenvalue weighted by atomic mass is 10.0. The molecule has 2 rings (SSSR count). The van der Waals surface area contributed by atoms with Gasteiger partial charge in [0.2, 0.25) is 0 Å². The molecule has 2 aromatic rings. The summed E-state index contributed by atoms with van der Waals surface area (Å²) < 4.78 is 6.33. The lowest BCUT2D eigenvalue weighted by Gasteiger charge is -2.14. The molecule has 3 nitrogen and oxygen atoms in total. The third-order valence-corrected chi connectivity index (χ3v) is 3.55. The van der Waals surface area contributed by atoms with E-state index < -0.39 is 0 Å². The van der Waals surface area contributed by atoms with Crippen LogP contribution in [0, 0.1) is 13.8 Å². The number of nitrogens with zero attached hydrogens (tertiary/aromatic N) is 2. The Labute approximate surface area is 128 Å². The van der Waals surface area contributed by atoms with Crippen molar-refractivity contribution in [2.75, 3.05) is 7.11 Å². The van der Waals surface area contributed by atoms with Crippen LogP contribution in [0.3, 0.4) is 0 Å². The fraction of sp³-hybridized carbons (Fsp3) is 0.375. The monoisotopic (exact) mass is 334 g/mol. The second kappa shape index (κ2) is 5.92. The Balaban J connectivity index is 2.68. The van der Waals surface area contributed by atoms with Crippen LogP contribution in [0.25, 0.3) is 11.3 Å². The molecule has 0 amide bonds. The first kappa shape index (κ1) is 15.0. The van der Waals surface area contributed by atoms with Gasteiger partial charge in [-0.05, 0) is 53.0 Å². The number of rotatable bonds is 3. The minimum Gasteiger partial charge on any atom is -0.496 e. The standard InChI is InChI=1S/C16H19BrN2O/c1-9(2)16-18-12(8-14(17)19-16)15-11(4)6-10(3)7-13(15)20-5/h6-9H,1-5H3. The molecule has 1 aromatic carbocycles. The first-order chi connectivity index (χ1) is 9.42. The number of hydrogen-bond acceptors (Lipinski definition) is 3. The largest absolute Gasteiger partial charge is 0.496 e. The molecule has 0 N–H and O–H groups in total. The Morgan fingerprint density at radius 1 is 1.10 bits per heavy atom. The van der Waals surface area contributed by atoms with E-state index in [0.29, 0.717) is 0 Å². The number of aryl methyl sites for hydroxylation is 2. The van der Waals surface area contributed by atoms with Crippen molar-refractivity contribution in [1.82, 2.24) is 9.97 Å². The van der Waals surface area contributed by atoms with Gasteiger partial charge in [0.1, 0.15) is 16.2 Å². The van der Waals surface area contributed by atoms with E-state index in [4.69, 9.17) is 4.74 Å². The number of benzene rings is 1. The Morgan fingerprint density at radius 2 is 1.80 bits per heavy atom. The van der Waals surface area contributed by atoms with Crippen LogP contribution in [0.1, 0.15) is 36.7 Å². The van der Waals surface area contributed by atoms with E-state index in [1.54, 1.807) is 7.11 Å². The van der Waals surface area contributed by atoms with Gasteiger partial charge < -0.3 is 4.74 Å². The van der Waals surface area contributed by atoms with Gasteiger partial charge in [0.05, 0.1) is 12.8 Å². The van der Waals surface area contributed by atoms with Crippen LogP contribution < -0.4 is 4.74 Å². The molecule has 0 saturated heterocycles. The van der Waals surface area contributed by atoms with Crippen LogP contribution in [0.2, 0.25) is 0 Å². The number of halogens is 1. The SMILES string of the molecule is COc1cc(C)cc(C)c1-c1cc(Br)nc(C(C)C)n1. The normalized spacial score (nSPS) is 10.9. The average molecular weight is 335 g/mol. The number of methoxy groups -OCH3 is 1. The Hall–Kier alpha value is -1.42. The molecule has 0 aliphatic heterocycles. The summed E-state index contributed by atoms with van der Waals surface area (Å²) >= 11 is 3.47. The first-order valence-electron chi connectivity index (χ1n) is 6.62. The summed E-state index contributed by atoms with van der Waals surface area (Å²) in [4.78, 5) is 9.11. The highest BCUT2D eigenvalue weighted by Crippen LogP contribution is 2.34. The second-order valence-electron chi connectivity index (χ2n) is 5.25. The molecule has 0 aliphatic carbocycles. The fourth-order valence-corrected chi connectivity index (χ4v) is 2.64. The minimum atomic E-state index is 0.281. The van der Waals surface area contributed by atoms with E-state index in [1.165, 1.54) is 5.56 Å². The van der Waals surface area contributed by atoms with E-state index in [9.17, 15) is 0 Å². The quantitative estimate of drug-likeness (QED) is 0.766. The molecule has 0 aliphatic rings. The molecule has 4 heteroatoms. The molecular formula is C16H19BrN2O. The van der Waals surface area contributed by atoms with Crippen LogP contribution in [0.5, 0.6) is 5.75 Å². The maximum Gasteiger partial charge on any atom is 0.132 e. The smallest absolute Gasteiger partial charge is 0.132 e. The van der Waals surface area contributed by atoms with E-state index in [1.807, 2.05) is 12.1 Å². The van der Waals surface area contributed by atoms with Crippen molar-refractivity contribution < 1.29 is 4.74 Å². The van der Waals surface area contributed by atoms with Gasteiger partial charge in [-0.25, -0.2) is 9.97 Å². The molecule has 0 spiro atoms. The minimum absolute atomic E-state index is 0.281. The van der Waals surface area contributed by atoms with Crippen molar-refractivity contribution in [2.45, 2.75) is 33.6 Å². The molecule has 0 radical (unpaired) electrons. The van der Waals surface area contributed by atoms with Gasteiger partial charge in [-0.2, -0.15) is 0 Å². The lowest BCUT2D eigenvalue weighted by molar-refractivity contribution is 0.415. The van der Waals surface area contributed by atoms with Crippen LogP contribution in [0.4, 0.5) is 0 Å². The highest BCUT2D eigenvalue weighted by atomic mass is 79.9. The van der Waals surface area contributed by atoms with Crippen LogP contribution in [-0.2, 0) is 0 Å². The molecule has 0 unspecified atom stereocenters. The van der Waals surface area contributed by atoms with E-state index in [0.717, 1.165) is 33.0 Å². The van der Waals surface area contributed by atoms with Gasteiger partial charge in [-0.15, -0.1) is 0 Å². The molecule has 106 valence electrons. The van der Waals surface area contributed by atoms with Gasteiger partial charge in [-0.1, -0.05) is 19.9 Å². The van der Waals surface area contributed by atoms with Crippen molar-refractivity contribution in [1.29, 1.82) is 0 Å². The molecular weight excluding hydrogens is 316 g/mol. The van der Waals surface area contributed by atoms with Gasteiger partial charge in [0, 0.05) is 11.5 Å². The summed E-state index contributed by atoms with van der Waals surface area (Å²) in [7, 11) is 1.69. The van der Waals surface area contributed by atoms with Gasteiger partial charge in [0.15, 0.2) is 0 Å². The number of ether oxygens (including phenoxy) is 1. The highest BCUT2D eigenvalue weighted by molar-refractivity contribution is 9.10. The van der Waals surface area contributed by atoms with Gasteiger partial charge in [-0.3, -0.25) is 0 Å². The van der Waals surface area contributed by atoms with Crippen LogP contribution in [-0.4, -0.2) is 17.1 Å². The van der Waals surface area contributed by atoms with Crippen LogP contribution >= 0.6 is 15.9 Å². The zero-order chi connectivity index (χ0) is 14.9. The second-order valence-corrected chi connectivity index (χ2v) is 6.06. The third-order valence-electron chi connectivity index (χ3n) is 3.15. The van der Waals surface area contributed by atoms with Crippen molar-refractivity contribution in [3.05, 3.63) is 39.8 Å². The van der Waals surface area contributed by atoms with Gasteiger partial charge >= 0.3 is 0 Å². The average Bonchev–Trinajstić information content (AvgIpc) is 2.36. The third kappa shape index (κ3) is 3.01. The number of hydrogen-bond donors (Lipinski definition) is 0. The fourth-order valence-electron chi connectivity index (χ4n) is 2.24. The molecule has 0 bridgehead atoms. The molecule has 0 saturated carbocycles. The zero-order valence-corrected chi connectivity index (χ0v) is 14.1. The summed E-state index contributed by atoms with van der Waals surface area (Å²) in [5, 5.41) is 0. The topological polar surface area (TPSA) is 35.0 Å². The zero-order valence-electron chi connectivity index (χ0n) is 12.5. The molecule has 1 aromatic heterocycles. The summed E-state index contributed by atoms with van der Waals surface area (Å²) in [6, 6.07) is 6.11. The maximum absolute atomic E-state index is 5.53. The van der Waals surface area contributed by atoms with Crippen molar-refractivity contribution >= 4 is 15.9 Å². The van der Waals surface area contributed by atoms with Crippen molar-refractivity contribution in [2.24, 2.45) is 0 Å². The first-order valence-corrected chi connectivity index (χ1v) is 7.41. The molecule has 0 atom stereocenters. The predicted octanol–water partition coefficient (Wildman–Crippen LogP) is 4.65. The summed E-state index contributed by atoms with van der Waals surface area (Å²) in [6.45, 7) is 8.32. The van der Waals surface area contributed by atoms with E-state index in [2.05, 4.69) is 59.7 Å². The van der Waals surface area contributed by atoms with Crippen molar-refractivity contribution in [3.8, 4) is 17.0 Å². The lowest BCUT2D eigenvalue weighted by Crippen LogP contribution is -2.01. The number of aromatic nitrogens is 2. The summed E-state index contributed by atoms with van der Waals surface area (Å²) in [5.74, 6) is 1.96. The predicted molar refractivity (Wildman–Crippen MR) is 85.3 cm³/mol. The van der Waals surface area contributed by atoms with E-state index in [-0.39, 0.29) is 5.92 Å². The molecule has 0 fully saturated rings.